The summed E-state index contributed by atoms with van der Waals surface area (Å²) >= 11 is 0. The van der Waals surface area contributed by atoms with Crippen molar-refractivity contribution in [1.82, 2.24) is 14.5 Å². The average Bonchev–Trinajstić information content (AvgIpc) is 3.29. The molecule has 3 atom stereocenters. The SMILES string of the molecule is [2H]C([2H])([2H])N1C(=O)c2cccc(OC(F)F)c2[C@H]2C[C@@H]1c1nc3ccc(C#CC(C)CCO)cc3n12. The summed E-state index contributed by atoms with van der Waals surface area (Å²) in [7, 11) is 0. The van der Waals surface area contributed by atoms with Gasteiger partial charge in [-0.3, -0.25) is 4.79 Å². The molecule has 0 aliphatic carbocycles. The maximum Gasteiger partial charge on any atom is 0.387 e. The molecule has 5 rings (SSSR count). The fourth-order valence-electron chi connectivity index (χ4n) is 4.66. The summed E-state index contributed by atoms with van der Waals surface area (Å²) in [5.74, 6) is 5.59. The molecule has 6 nitrogen and oxygen atoms in total. The first-order chi connectivity index (χ1) is 17.1. The van der Waals surface area contributed by atoms with Gasteiger partial charge in [0.2, 0.25) is 0 Å². The van der Waals surface area contributed by atoms with Crippen LogP contribution < -0.4 is 4.74 Å². The molecule has 0 saturated heterocycles. The monoisotopic (exact) mass is 454 g/mol. The van der Waals surface area contributed by atoms with Gasteiger partial charge >= 0.3 is 6.61 Å². The zero-order chi connectivity index (χ0) is 25.8. The fraction of sp³-hybridized carbons (Fsp3) is 0.360. The van der Waals surface area contributed by atoms with E-state index in [1.165, 1.54) is 18.2 Å². The Kier molecular flexibility index (Phi) is 4.46. The largest absolute Gasteiger partial charge is 0.434 e. The lowest BCUT2D eigenvalue weighted by Gasteiger charge is -2.24. The summed E-state index contributed by atoms with van der Waals surface area (Å²) in [6.07, 6.45) is 0.701. The molecule has 0 fully saturated rings. The number of fused-ring (bicyclic) bond motifs is 9. The van der Waals surface area contributed by atoms with Crippen molar-refractivity contribution in [2.45, 2.75) is 38.5 Å². The Morgan fingerprint density at radius 2 is 2.18 bits per heavy atom. The number of aromatic nitrogens is 2. The molecule has 3 aromatic rings. The third-order valence-electron chi connectivity index (χ3n) is 6.17. The molecule has 33 heavy (non-hydrogen) atoms. The minimum Gasteiger partial charge on any atom is -0.434 e. The first-order valence-corrected chi connectivity index (χ1v) is 10.7. The number of ether oxygens (including phenoxy) is 1. The number of benzene rings is 2. The molecular formula is C25H23F2N3O3. The maximum absolute atomic E-state index is 13.4. The molecule has 2 aliphatic heterocycles. The quantitative estimate of drug-likeness (QED) is 0.602. The van der Waals surface area contributed by atoms with Gasteiger partial charge in [0.25, 0.3) is 5.91 Å². The lowest BCUT2D eigenvalue weighted by atomic mass is 9.97. The number of aliphatic hydroxyl groups is 1. The van der Waals surface area contributed by atoms with E-state index in [1.54, 1.807) is 12.1 Å². The van der Waals surface area contributed by atoms with Gasteiger partial charge in [0, 0.05) is 46.7 Å². The molecule has 2 aliphatic rings. The average molecular weight is 454 g/mol. The van der Waals surface area contributed by atoms with Crippen molar-refractivity contribution < 1.29 is 27.5 Å². The lowest BCUT2D eigenvalue weighted by molar-refractivity contribution is -0.0507. The fourth-order valence-corrected chi connectivity index (χ4v) is 4.66. The van der Waals surface area contributed by atoms with Gasteiger partial charge in [-0.15, -0.1) is 0 Å². The molecule has 1 unspecified atom stereocenters. The van der Waals surface area contributed by atoms with E-state index in [2.05, 4.69) is 16.8 Å². The van der Waals surface area contributed by atoms with E-state index in [9.17, 15) is 13.6 Å². The number of carbonyl (C=O) groups is 1. The van der Waals surface area contributed by atoms with Gasteiger partial charge in [-0.25, -0.2) is 4.98 Å². The molecule has 2 bridgehead atoms. The number of nitrogens with zero attached hydrogens (tertiary/aromatic N) is 3. The van der Waals surface area contributed by atoms with Gasteiger partial charge < -0.3 is 19.3 Å². The Labute approximate surface area is 194 Å². The number of hydrogen-bond acceptors (Lipinski definition) is 4. The van der Waals surface area contributed by atoms with Crippen LogP contribution in [0.5, 0.6) is 5.75 Å². The predicted octanol–water partition coefficient (Wildman–Crippen LogP) is 4.13. The summed E-state index contributed by atoms with van der Waals surface area (Å²) in [6, 6.07) is 8.04. The standard InChI is InChI=1S/C25H23F2N3O3/c1-14(10-11-31)6-7-15-8-9-17-18(12-15)30-19-13-20(23(30)28-17)29(2)24(32)16-4-3-5-21(22(16)19)33-25(26)27/h3-5,8-9,12,14,19-20,25,31H,10-11,13H2,1-2H3/t14?,19-,20-/m1/s1/i2D3. The Bertz CT molecular complexity index is 1410. The topological polar surface area (TPSA) is 67.6 Å². The molecule has 1 N–H and O–H groups in total. The number of imidazole rings is 1. The highest BCUT2D eigenvalue weighted by atomic mass is 19.3. The second-order valence-corrected chi connectivity index (χ2v) is 8.26. The highest BCUT2D eigenvalue weighted by Crippen LogP contribution is 2.49. The van der Waals surface area contributed by atoms with E-state index < -0.39 is 31.6 Å². The Morgan fingerprint density at radius 3 is 2.94 bits per heavy atom. The van der Waals surface area contributed by atoms with Crippen molar-refractivity contribution in [3.05, 3.63) is 58.9 Å². The summed E-state index contributed by atoms with van der Waals surface area (Å²) in [5.41, 5.74) is 2.14. The van der Waals surface area contributed by atoms with Gasteiger partial charge in [0.05, 0.1) is 23.1 Å². The van der Waals surface area contributed by atoms with Crippen molar-refractivity contribution in [1.29, 1.82) is 0 Å². The van der Waals surface area contributed by atoms with Crippen LogP contribution in [-0.2, 0) is 0 Å². The van der Waals surface area contributed by atoms with E-state index in [4.69, 9.17) is 14.0 Å². The maximum atomic E-state index is 13.4. The zero-order valence-electron chi connectivity index (χ0n) is 20.8. The molecule has 8 heteroatoms. The highest BCUT2D eigenvalue weighted by Gasteiger charge is 2.44. The molecule has 0 saturated carbocycles. The van der Waals surface area contributed by atoms with Crippen molar-refractivity contribution in [2.75, 3.05) is 13.6 Å². The van der Waals surface area contributed by atoms with Crippen molar-refractivity contribution in [2.24, 2.45) is 5.92 Å². The third-order valence-corrected chi connectivity index (χ3v) is 6.17. The van der Waals surface area contributed by atoms with Crippen LogP contribution in [0.2, 0.25) is 0 Å². The van der Waals surface area contributed by atoms with Crippen LogP contribution in [0.1, 0.15) is 63.3 Å². The number of hydrogen-bond donors (Lipinski definition) is 1. The molecule has 0 radical (unpaired) electrons. The molecule has 3 heterocycles. The number of rotatable bonds is 4. The van der Waals surface area contributed by atoms with Crippen LogP contribution in [0.15, 0.2) is 36.4 Å². The minimum absolute atomic E-state index is 0.00985. The van der Waals surface area contributed by atoms with E-state index in [0.717, 1.165) is 4.90 Å². The van der Waals surface area contributed by atoms with Crippen LogP contribution in [0.4, 0.5) is 8.78 Å². The van der Waals surface area contributed by atoms with Gasteiger partial charge in [0.15, 0.2) is 0 Å². The second kappa shape index (κ2) is 8.16. The van der Waals surface area contributed by atoms with Gasteiger partial charge in [-0.1, -0.05) is 24.8 Å². The van der Waals surface area contributed by atoms with E-state index in [-0.39, 0.29) is 35.8 Å². The zero-order valence-corrected chi connectivity index (χ0v) is 17.8. The molecular weight excluding hydrogens is 428 g/mol. The summed E-state index contributed by atoms with van der Waals surface area (Å²) in [4.78, 5) is 18.9. The Balaban J connectivity index is 1.73. The van der Waals surface area contributed by atoms with Gasteiger partial charge in [0.1, 0.15) is 11.6 Å². The van der Waals surface area contributed by atoms with Crippen LogP contribution >= 0.6 is 0 Å². The van der Waals surface area contributed by atoms with Gasteiger partial charge in [-0.05, 0) is 36.8 Å². The number of halogens is 2. The van der Waals surface area contributed by atoms with E-state index in [0.29, 0.717) is 28.8 Å². The number of carbonyl (C=O) groups excluding carboxylic acids is 1. The van der Waals surface area contributed by atoms with Gasteiger partial charge in [-0.2, -0.15) is 8.78 Å². The summed E-state index contributed by atoms with van der Waals surface area (Å²) in [5, 5.41) is 9.11. The first kappa shape index (κ1) is 18.0. The van der Waals surface area contributed by atoms with Crippen molar-refractivity contribution in [3.63, 3.8) is 0 Å². The summed E-state index contributed by atoms with van der Waals surface area (Å²) < 4.78 is 57.4. The van der Waals surface area contributed by atoms with Crippen LogP contribution in [-0.4, -0.2) is 45.7 Å². The normalized spacial score (nSPS) is 21.4. The molecule has 2 aromatic carbocycles. The highest BCUT2D eigenvalue weighted by molar-refractivity contribution is 5.97. The Hall–Kier alpha value is -3.44. The second-order valence-electron chi connectivity index (χ2n) is 8.26. The first-order valence-electron chi connectivity index (χ1n) is 12.2. The molecule has 1 amide bonds. The third kappa shape index (κ3) is 3.53. The van der Waals surface area contributed by atoms with Crippen molar-refractivity contribution in [3.8, 4) is 17.6 Å². The number of amides is 1. The van der Waals surface area contributed by atoms with Crippen molar-refractivity contribution >= 4 is 16.9 Å². The molecule has 1 aromatic heterocycles. The van der Waals surface area contributed by atoms with E-state index in [1.807, 2.05) is 17.6 Å². The molecule has 170 valence electrons. The minimum atomic E-state index is -3.12. The van der Waals surface area contributed by atoms with Crippen LogP contribution in [0.3, 0.4) is 0 Å². The smallest absolute Gasteiger partial charge is 0.387 e. The molecule has 0 spiro atoms. The predicted molar refractivity (Wildman–Crippen MR) is 118 cm³/mol. The number of alkyl halides is 2. The Morgan fingerprint density at radius 1 is 1.33 bits per heavy atom. The van der Waals surface area contributed by atoms with Crippen LogP contribution in [0.25, 0.3) is 11.0 Å². The summed E-state index contributed by atoms with van der Waals surface area (Å²) in [6.45, 7) is -3.95. The number of aliphatic hydroxyl groups excluding tert-OH is 1. The van der Waals surface area contributed by atoms with E-state index >= 15 is 0 Å². The van der Waals surface area contributed by atoms with Crippen LogP contribution in [0, 0.1) is 17.8 Å². The lowest BCUT2D eigenvalue weighted by Crippen LogP contribution is -2.30.